The van der Waals surface area contributed by atoms with Crippen LogP contribution in [-0.4, -0.2) is 53.8 Å². The second-order valence-electron chi connectivity index (χ2n) is 5.23. The van der Waals surface area contributed by atoms with Gasteiger partial charge < -0.3 is 25.2 Å². The Balaban J connectivity index is 2.33. The molecule has 0 saturated heterocycles. The largest absolute Gasteiger partial charge is 0.466 e. The number of aliphatic hydroxyl groups is 2. The van der Waals surface area contributed by atoms with Crippen LogP contribution in [0.2, 0.25) is 0 Å². The number of anilines is 1. The zero-order chi connectivity index (χ0) is 17.0. The minimum absolute atomic E-state index is 0.0690. The molecule has 0 atom stereocenters. The van der Waals surface area contributed by atoms with Gasteiger partial charge in [-0.25, -0.2) is 4.79 Å². The van der Waals surface area contributed by atoms with Crippen molar-refractivity contribution in [3.63, 3.8) is 0 Å². The van der Waals surface area contributed by atoms with Crippen molar-refractivity contribution < 1.29 is 24.5 Å². The molecular formula is C16H20N2O5. The molecule has 0 aromatic heterocycles. The number of hydrogen-bond donors (Lipinski definition) is 3. The highest BCUT2D eigenvalue weighted by molar-refractivity contribution is 6.08. The lowest BCUT2D eigenvalue weighted by Gasteiger charge is -2.15. The first kappa shape index (κ1) is 17.0. The maximum Gasteiger partial charge on any atom is 0.337 e. The molecule has 1 amide bonds. The Labute approximate surface area is 134 Å². The summed E-state index contributed by atoms with van der Waals surface area (Å²) >= 11 is 0. The lowest BCUT2D eigenvalue weighted by molar-refractivity contribution is -0.136. The van der Waals surface area contributed by atoms with Crippen molar-refractivity contribution in [1.82, 2.24) is 4.90 Å². The van der Waals surface area contributed by atoms with E-state index in [1.54, 1.807) is 18.2 Å². The number of carbonyl (C=O) groups excluding carboxylic acids is 2. The van der Waals surface area contributed by atoms with E-state index in [-0.39, 0.29) is 43.5 Å². The van der Waals surface area contributed by atoms with Crippen molar-refractivity contribution in [2.45, 2.75) is 13.5 Å². The SMILES string of the molecule is COC(=O)C1=C(Nc2ccc(CO)cc2C)C(=O)N(CCO)C1. The molecule has 0 aliphatic carbocycles. The zero-order valence-corrected chi connectivity index (χ0v) is 13.1. The van der Waals surface area contributed by atoms with E-state index in [1.165, 1.54) is 12.0 Å². The molecule has 3 N–H and O–H groups in total. The summed E-state index contributed by atoms with van der Waals surface area (Å²) in [6, 6.07) is 5.27. The highest BCUT2D eigenvalue weighted by Gasteiger charge is 2.34. The van der Waals surface area contributed by atoms with Crippen molar-refractivity contribution in [2.24, 2.45) is 0 Å². The highest BCUT2D eigenvalue weighted by atomic mass is 16.5. The summed E-state index contributed by atoms with van der Waals surface area (Å²) in [7, 11) is 1.26. The first-order valence-electron chi connectivity index (χ1n) is 7.20. The molecule has 7 heteroatoms. The third-order valence-electron chi connectivity index (χ3n) is 3.69. The van der Waals surface area contributed by atoms with Gasteiger partial charge in [-0.3, -0.25) is 4.79 Å². The predicted molar refractivity (Wildman–Crippen MR) is 83.4 cm³/mol. The van der Waals surface area contributed by atoms with Crippen LogP contribution in [0.25, 0.3) is 0 Å². The Kier molecular flexibility index (Phi) is 5.36. The van der Waals surface area contributed by atoms with Crippen LogP contribution in [0.5, 0.6) is 0 Å². The Hall–Kier alpha value is -2.38. The standard InChI is InChI=1S/C16H20N2O5/c1-10-7-11(9-20)3-4-13(10)17-14-12(16(22)23-2)8-18(5-6-19)15(14)21/h3-4,7,17,19-20H,5-6,8-9H2,1-2H3. The van der Waals surface area contributed by atoms with Gasteiger partial charge in [-0.15, -0.1) is 0 Å². The minimum atomic E-state index is -0.578. The number of nitrogens with zero attached hydrogens (tertiary/aromatic N) is 1. The van der Waals surface area contributed by atoms with Crippen LogP contribution in [0.1, 0.15) is 11.1 Å². The fraction of sp³-hybridized carbons (Fsp3) is 0.375. The molecule has 0 radical (unpaired) electrons. The number of aliphatic hydroxyl groups excluding tert-OH is 2. The van der Waals surface area contributed by atoms with Crippen LogP contribution >= 0.6 is 0 Å². The number of hydrogen-bond acceptors (Lipinski definition) is 6. The van der Waals surface area contributed by atoms with Gasteiger partial charge in [0.25, 0.3) is 5.91 Å². The van der Waals surface area contributed by atoms with Crippen LogP contribution in [0.4, 0.5) is 5.69 Å². The average molecular weight is 320 g/mol. The molecule has 7 nitrogen and oxygen atoms in total. The number of ether oxygens (including phenoxy) is 1. The summed E-state index contributed by atoms with van der Waals surface area (Å²) in [6.07, 6.45) is 0. The van der Waals surface area contributed by atoms with Gasteiger partial charge in [-0.05, 0) is 24.1 Å². The van der Waals surface area contributed by atoms with Crippen LogP contribution < -0.4 is 5.32 Å². The second kappa shape index (κ2) is 7.26. The number of amides is 1. The van der Waals surface area contributed by atoms with E-state index in [0.29, 0.717) is 5.69 Å². The second-order valence-corrected chi connectivity index (χ2v) is 5.23. The quantitative estimate of drug-likeness (QED) is 0.646. The van der Waals surface area contributed by atoms with Gasteiger partial charge in [0.05, 0.1) is 32.4 Å². The molecule has 0 bridgehead atoms. The lowest BCUT2D eigenvalue weighted by Crippen LogP contribution is -2.31. The number of esters is 1. The number of benzene rings is 1. The zero-order valence-electron chi connectivity index (χ0n) is 13.1. The van der Waals surface area contributed by atoms with E-state index < -0.39 is 5.97 Å². The van der Waals surface area contributed by atoms with E-state index in [0.717, 1.165) is 11.1 Å². The van der Waals surface area contributed by atoms with Crippen LogP contribution in [0.3, 0.4) is 0 Å². The molecule has 2 rings (SSSR count). The third-order valence-corrected chi connectivity index (χ3v) is 3.69. The lowest BCUT2D eigenvalue weighted by atomic mass is 10.1. The monoisotopic (exact) mass is 320 g/mol. The van der Waals surface area contributed by atoms with Gasteiger partial charge in [0, 0.05) is 12.2 Å². The maximum atomic E-state index is 12.4. The van der Waals surface area contributed by atoms with Gasteiger partial charge in [0.1, 0.15) is 5.70 Å². The van der Waals surface area contributed by atoms with Crippen LogP contribution in [0, 0.1) is 6.92 Å². The Morgan fingerprint density at radius 1 is 1.39 bits per heavy atom. The number of carbonyl (C=O) groups is 2. The van der Waals surface area contributed by atoms with Crippen LogP contribution in [0.15, 0.2) is 29.5 Å². The minimum Gasteiger partial charge on any atom is -0.466 e. The molecule has 23 heavy (non-hydrogen) atoms. The Morgan fingerprint density at radius 2 is 2.13 bits per heavy atom. The van der Waals surface area contributed by atoms with Crippen molar-refractivity contribution in [3.05, 3.63) is 40.6 Å². The van der Waals surface area contributed by atoms with Gasteiger partial charge in [0.2, 0.25) is 0 Å². The molecule has 0 fully saturated rings. The van der Waals surface area contributed by atoms with Gasteiger partial charge in [0.15, 0.2) is 0 Å². The van der Waals surface area contributed by atoms with E-state index in [4.69, 9.17) is 14.9 Å². The predicted octanol–water partition coefficient (Wildman–Crippen LogP) is 0.161. The number of rotatable bonds is 6. The topological polar surface area (TPSA) is 99.1 Å². The normalized spacial score (nSPS) is 14.4. The molecule has 1 aromatic carbocycles. The molecule has 0 spiro atoms. The Morgan fingerprint density at radius 3 is 2.70 bits per heavy atom. The number of methoxy groups -OCH3 is 1. The van der Waals surface area contributed by atoms with Gasteiger partial charge >= 0.3 is 5.97 Å². The summed E-state index contributed by atoms with van der Waals surface area (Å²) in [5.41, 5.74) is 2.65. The van der Waals surface area contributed by atoms with Crippen molar-refractivity contribution in [3.8, 4) is 0 Å². The molecule has 1 aliphatic heterocycles. The molecule has 0 unspecified atom stereocenters. The van der Waals surface area contributed by atoms with Crippen molar-refractivity contribution in [2.75, 3.05) is 32.1 Å². The summed E-state index contributed by atoms with van der Waals surface area (Å²) in [6.45, 7) is 1.83. The van der Waals surface area contributed by atoms with Gasteiger partial charge in [-0.2, -0.15) is 0 Å². The third kappa shape index (κ3) is 3.52. The molecular weight excluding hydrogens is 300 g/mol. The fourth-order valence-corrected chi connectivity index (χ4v) is 2.45. The van der Waals surface area contributed by atoms with E-state index in [9.17, 15) is 9.59 Å². The smallest absolute Gasteiger partial charge is 0.337 e. The van der Waals surface area contributed by atoms with Crippen molar-refractivity contribution in [1.29, 1.82) is 0 Å². The summed E-state index contributed by atoms with van der Waals surface area (Å²) in [4.78, 5) is 25.7. The van der Waals surface area contributed by atoms with Crippen LogP contribution in [-0.2, 0) is 20.9 Å². The Bertz CT molecular complexity index is 654. The van der Waals surface area contributed by atoms with Gasteiger partial charge in [-0.1, -0.05) is 12.1 Å². The molecule has 1 aromatic rings. The fourth-order valence-electron chi connectivity index (χ4n) is 2.45. The first-order chi connectivity index (χ1) is 11.0. The molecule has 1 aliphatic rings. The maximum absolute atomic E-state index is 12.4. The number of aryl methyl sites for hydroxylation is 1. The van der Waals surface area contributed by atoms with E-state index in [2.05, 4.69) is 5.32 Å². The highest BCUT2D eigenvalue weighted by Crippen LogP contribution is 2.25. The first-order valence-corrected chi connectivity index (χ1v) is 7.20. The number of nitrogens with one attached hydrogen (secondary N) is 1. The number of β-amino-alcohol motifs (C(OH)–C–C–N with tert-alkyl or cyclic N) is 1. The summed E-state index contributed by atoms with van der Waals surface area (Å²) in [5, 5.41) is 21.2. The summed E-state index contributed by atoms with van der Waals surface area (Å²) in [5.74, 6) is -0.934. The molecule has 124 valence electrons. The molecule has 1 heterocycles. The van der Waals surface area contributed by atoms with E-state index >= 15 is 0 Å². The van der Waals surface area contributed by atoms with E-state index in [1.807, 2.05) is 6.92 Å². The molecule has 0 saturated carbocycles. The van der Waals surface area contributed by atoms with Crippen molar-refractivity contribution >= 4 is 17.6 Å². The average Bonchev–Trinajstić information content (AvgIpc) is 2.85. The summed E-state index contributed by atoms with van der Waals surface area (Å²) < 4.78 is 4.73.